The van der Waals surface area contributed by atoms with E-state index in [0.29, 0.717) is 43.7 Å². The van der Waals surface area contributed by atoms with Crippen LogP contribution in [0.4, 0.5) is 0 Å². The number of phenolic OH excluding ortho intramolecular Hbond substituents is 12. The van der Waals surface area contributed by atoms with Crippen LogP contribution in [0.25, 0.3) is 64.9 Å². The van der Waals surface area contributed by atoms with E-state index < -0.39 is 79.0 Å². The normalized spacial score (nSPS) is 12.3. The minimum Gasteiger partial charge on any atom is -0.504 e. The average molecular weight is 1710 g/mol. The first-order valence-electron chi connectivity index (χ1n) is 36.7. The largest absolute Gasteiger partial charge is 0.504 e. The van der Waals surface area contributed by atoms with Gasteiger partial charge in [-0.05, 0) is 172 Å². The molecule has 12 rings (SSSR count). The van der Waals surface area contributed by atoms with Gasteiger partial charge in [0.05, 0.1) is 103 Å². The Morgan fingerprint density at radius 2 is 0.627 bits per heavy atom. The molecule has 6 aromatic heterocycles. The first kappa shape index (κ1) is 93.8. The van der Waals surface area contributed by atoms with Crippen LogP contribution in [0.3, 0.4) is 0 Å². The SMILES string of the molecule is CC(C)(C)Oc1nn(C(C)(C)C)c(=O)c2c(Cl)c(O)c(O)cc12.CC(C)(C)Oc1nn(C(C)(C)C)c(=O)c2cc(O)c(O)cc12.CC(C)(C)n1ncc2c(Cl)c(O)c(O)cc2c1=O.CC(C)(C)n1ncc2cc(O)c(O)c(Cl)c2c1=O.Cn1cc(C(C)(C)C)c(=O)c2c(Cl)c(O)c(O)cc21.Cn1cc(C(C)(C)C)c(=O)c2cc(O)c(O)cc21. The van der Waals surface area contributed by atoms with Crippen molar-refractivity contribution in [3.05, 3.63) is 166 Å². The number of hydrogen-bond acceptors (Lipinski definition) is 24. The van der Waals surface area contributed by atoms with Crippen molar-refractivity contribution in [3.63, 3.8) is 0 Å². The molecule has 0 bridgehead atoms. The molecule has 0 saturated heterocycles. The maximum atomic E-state index is 12.7. The van der Waals surface area contributed by atoms with E-state index in [4.69, 9.17) is 55.9 Å². The first-order chi connectivity index (χ1) is 53.5. The second kappa shape index (κ2) is 33.2. The lowest BCUT2D eigenvalue weighted by atomic mass is 9.87. The molecular formula is C84H102Cl4N10O20. The van der Waals surface area contributed by atoms with Crippen LogP contribution >= 0.6 is 46.4 Å². The first-order valence-corrected chi connectivity index (χ1v) is 38.2. The maximum absolute atomic E-state index is 12.7. The van der Waals surface area contributed by atoms with E-state index in [2.05, 4.69) is 20.4 Å². The highest BCUT2D eigenvalue weighted by molar-refractivity contribution is 6.38. The molecule has 34 heteroatoms. The number of aryl methyl sites for hydroxylation is 2. The molecule has 0 spiro atoms. The summed E-state index contributed by atoms with van der Waals surface area (Å²) in [5.41, 5.74) is -3.36. The molecule has 6 heterocycles. The van der Waals surface area contributed by atoms with Crippen LogP contribution < -0.4 is 42.6 Å². The van der Waals surface area contributed by atoms with Crippen molar-refractivity contribution in [2.24, 2.45) is 14.1 Å². The van der Waals surface area contributed by atoms with Crippen molar-refractivity contribution in [1.29, 1.82) is 0 Å². The third-order valence-electron chi connectivity index (χ3n) is 17.6. The molecule has 118 heavy (non-hydrogen) atoms. The lowest BCUT2D eigenvalue weighted by Crippen LogP contribution is -2.37. The van der Waals surface area contributed by atoms with Crippen molar-refractivity contribution in [1.82, 2.24) is 48.3 Å². The highest BCUT2D eigenvalue weighted by atomic mass is 35.5. The minimum atomic E-state index is -0.613. The summed E-state index contributed by atoms with van der Waals surface area (Å²) in [6.45, 7) is 44.9. The summed E-state index contributed by atoms with van der Waals surface area (Å²) in [7, 11) is 3.58. The Balaban J connectivity index is 0.000000196. The fourth-order valence-corrected chi connectivity index (χ4v) is 12.8. The van der Waals surface area contributed by atoms with Gasteiger partial charge < -0.3 is 79.9 Å². The summed E-state index contributed by atoms with van der Waals surface area (Å²) < 4.78 is 20.4. The van der Waals surface area contributed by atoms with Crippen LogP contribution in [0.5, 0.6) is 80.8 Å². The highest BCUT2D eigenvalue weighted by Crippen LogP contribution is 2.44. The Hall–Kier alpha value is -11.3. The number of rotatable bonds is 2. The molecule has 0 aliphatic carbocycles. The number of ether oxygens (including phenoxy) is 2. The molecule has 636 valence electrons. The molecule has 12 aromatic rings. The number of aromatic hydroxyl groups is 12. The van der Waals surface area contributed by atoms with E-state index in [1.165, 1.54) is 79.7 Å². The van der Waals surface area contributed by atoms with Crippen molar-refractivity contribution in [2.75, 3.05) is 0 Å². The molecule has 12 N–H and O–H groups in total. The van der Waals surface area contributed by atoms with E-state index >= 15 is 0 Å². The van der Waals surface area contributed by atoms with Gasteiger partial charge in [-0.25, -0.2) is 18.7 Å². The summed E-state index contributed by atoms with van der Waals surface area (Å²) in [4.78, 5) is 74.8. The fourth-order valence-electron chi connectivity index (χ4n) is 11.7. The van der Waals surface area contributed by atoms with Gasteiger partial charge in [0.15, 0.2) is 79.9 Å². The summed E-state index contributed by atoms with van der Waals surface area (Å²) in [6, 6.07) is 10.3. The molecular weight excluding hydrogens is 1610 g/mol. The molecule has 0 saturated carbocycles. The van der Waals surface area contributed by atoms with Gasteiger partial charge in [-0.15, -0.1) is 10.2 Å². The Kier molecular flexibility index (Phi) is 26.4. The van der Waals surface area contributed by atoms with Gasteiger partial charge in [0, 0.05) is 65.9 Å². The Morgan fingerprint density at radius 1 is 0.314 bits per heavy atom. The van der Waals surface area contributed by atoms with Crippen LogP contribution in [-0.4, -0.2) is 121 Å². The third-order valence-corrected chi connectivity index (χ3v) is 19.1. The van der Waals surface area contributed by atoms with Crippen LogP contribution in [0.2, 0.25) is 20.1 Å². The zero-order valence-corrected chi connectivity index (χ0v) is 73.6. The van der Waals surface area contributed by atoms with Crippen molar-refractivity contribution in [3.8, 4) is 80.8 Å². The van der Waals surface area contributed by atoms with E-state index in [0.717, 1.165) is 0 Å². The molecule has 0 atom stereocenters. The van der Waals surface area contributed by atoms with Crippen molar-refractivity contribution in [2.45, 2.75) is 210 Å². The quantitative estimate of drug-likeness (QED) is 0.0715. The summed E-state index contributed by atoms with van der Waals surface area (Å²) in [6.07, 6.45) is 6.36. The van der Waals surface area contributed by atoms with E-state index in [-0.39, 0.29) is 131 Å². The number of halogens is 4. The number of fused-ring (bicyclic) bond motifs is 6. The summed E-state index contributed by atoms with van der Waals surface area (Å²) in [5.74, 6) is -4.25. The monoisotopic (exact) mass is 1710 g/mol. The molecule has 0 fully saturated rings. The van der Waals surface area contributed by atoms with Gasteiger partial charge in [-0.1, -0.05) is 87.9 Å². The van der Waals surface area contributed by atoms with Crippen molar-refractivity contribution < 1.29 is 70.8 Å². The van der Waals surface area contributed by atoms with Crippen molar-refractivity contribution >= 4 is 111 Å². The molecule has 0 aliphatic heterocycles. The highest BCUT2D eigenvalue weighted by Gasteiger charge is 2.31. The number of pyridine rings is 2. The van der Waals surface area contributed by atoms with Crippen LogP contribution in [0, 0.1) is 0 Å². The Bertz CT molecular complexity index is 6350. The lowest BCUT2D eigenvalue weighted by Gasteiger charge is -2.26. The van der Waals surface area contributed by atoms with Crippen LogP contribution in [0.15, 0.2) is 102 Å². The van der Waals surface area contributed by atoms with E-state index in [9.17, 15) is 90.0 Å². The second-order valence-electron chi connectivity index (χ2n) is 36.1. The number of aromatic nitrogens is 10. The molecule has 6 aromatic carbocycles. The van der Waals surface area contributed by atoms with Crippen LogP contribution in [-0.2, 0) is 47.1 Å². The smallest absolute Gasteiger partial charge is 0.277 e. The van der Waals surface area contributed by atoms with E-state index in [1.807, 2.05) is 173 Å². The number of nitrogens with zero attached hydrogens (tertiary/aromatic N) is 10. The average Bonchev–Trinajstić information content (AvgIpc) is 0.760. The molecule has 0 amide bonds. The zero-order valence-electron chi connectivity index (χ0n) is 70.5. The standard InChI is InChI=1S/C16H21ClN2O4.C16H22N2O4.C14H16ClNO3.C14H17NO3.2C12H13ClN2O3/c1-15(2,3)19-14(22)10-8(7-9(20)12(21)11(10)17)13(18-19)23-16(4,5)6;1-15(2,3)18-14(21)10-8-12(20)11(19)7-9(10)13(17-18)22-16(4,5)6;1-14(2,3)7-6-16(4)8-5-9(17)13(19)11(15)10(8)12(7)18;1-14(2,3)9-7-15(4)10-6-12(17)11(16)5-8(10)13(9)18;1-12(2,3)15-11(18)6-4-8(16)10(17)9(13)7(6)5-14-15;1-12(2,3)15-11(18)8-6(5-14-15)4-7(16)10(17)9(8)13/h7,20-21H,1-6H3;7-8,19-20H,1-6H3;5-6,17,19H,1-4H3;5-7,16-17H,1-4H3;2*4-5,16-17H,1-3H3. The Labute approximate surface area is 698 Å². The topological polar surface area (TPSA) is 445 Å². The Morgan fingerprint density at radius 3 is 1.08 bits per heavy atom. The van der Waals surface area contributed by atoms with Gasteiger partial charge in [0.25, 0.3) is 22.2 Å². The third kappa shape index (κ3) is 20.1. The molecule has 0 radical (unpaired) electrons. The predicted molar refractivity (Wildman–Crippen MR) is 461 cm³/mol. The zero-order chi connectivity index (χ0) is 90.1. The van der Waals surface area contributed by atoms with Gasteiger partial charge in [0.1, 0.15) is 11.2 Å². The number of hydrogen-bond donors (Lipinski definition) is 12. The predicted octanol–water partition coefficient (Wildman–Crippen LogP) is 15.7. The summed E-state index contributed by atoms with van der Waals surface area (Å²) >= 11 is 23.9. The van der Waals surface area contributed by atoms with Gasteiger partial charge in [0.2, 0.25) is 11.8 Å². The van der Waals surface area contributed by atoms with E-state index in [1.54, 1.807) is 28.6 Å². The second-order valence-corrected chi connectivity index (χ2v) is 37.6. The van der Waals surface area contributed by atoms with Gasteiger partial charge in [-0.3, -0.25) is 28.8 Å². The van der Waals surface area contributed by atoms with Crippen LogP contribution in [0.1, 0.15) is 177 Å². The molecule has 30 nitrogen and oxygen atoms in total. The summed E-state index contributed by atoms with van der Waals surface area (Å²) in [5, 5.41) is 134. The lowest BCUT2D eigenvalue weighted by molar-refractivity contribution is 0.120. The molecule has 0 unspecified atom stereocenters. The van der Waals surface area contributed by atoms with Gasteiger partial charge >= 0.3 is 0 Å². The number of phenols is 12. The number of benzene rings is 6. The molecule has 0 aliphatic rings. The fraction of sp³-hybridized carbons (Fsp3) is 0.405. The van der Waals surface area contributed by atoms with Gasteiger partial charge in [-0.2, -0.15) is 10.2 Å². The minimum absolute atomic E-state index is 0.0612. The maximum Gasteiger partial charge on any atom is 0.277 e.